The molecule has 0 N–H and O–H groups in total. The van der Waals surface area contributed by atoms with Crippen LogP contribution in [0.2, 0.25) is 0 Å². The minimum Gasteiger partial charge on any atom is -0.318 e. The Labute approximate surface area is 121 Å². The molecule has 1 aromatic carbocycles. The average Bonchev–Trinajstić information content (AvgIpc) is 2.52. The van der Waals surface area contributed by atoms with Crippen LogP contribution in [0.4, 0.5) is 5.69 Å². The molecule has 102 valence electrons. The van der Waals surface area contributed by atoms with Crippen molar-refractivity contribution >= 4 is 5.69 Å². The van der Waals surface area contributed by atoms with Crippen molar-refractivity contribution in [3.05, 3.63) is 77.7 Å². The topological polar surface area (TPSA) is 3.24 Å². The van der Waals surface area contributed by atoms with E-state index >= 15 is 0 Å². The number of benzene rings is 1. The number of aryl methyl sites for hydroxylation is 1. The van der Waals surface area contributed by atoms with Crippen molar-refractivity contribution in [1.29, 1.82) is 0 Å². The Morgan fingerprint density at radius 1 is 0.800 bits per heavy atom. The third-order valence-electron chi connectivity index (χ3n) is 3.85. The van der Waals surface area contributed by atoms with E-state index in [2.05, 4.69) is 72.5 Å². The lowest BCUT2D eigenvalue weighted by Gasteiger charge is -2.31. The summed E-state index contributed by atoms with van der Waals surface area (Å²) in [6.07, 6.45) is 17.9. The third-order valence-corrected chi connectivity index (χ3v) is 3.85. The Balaban J connectivity index is 2.00. The molecule has 1 aromatic rings. The molecule has 0 spiro atoms. The number of allylic oxidation sites excluding steroid dienone is 8. The molecule has 0 aromatic heterocycles. The van der Waals surface area contributed by atoms with Gasteiger partial charge in [-0.05, 0) is 56.9 Å². The van der Waals surface area contributed by atoms with Crippen molar-refractivity contribution < 1.29 is 0 Å². The van der Waals surface area contributed by atoms with Crippen molar-refractivity contribution in [3.8, 4) is 0 Å². The van der Waals surface area contributed by atoms with Crippen LogP contribution in [0.15, 0.2) is 72.1 Å². The molecule has 1 nitrogen and oxygen atoms in total. The highest BCUT2D eigenvalue weighted by molar-refractivity contribution is 5.60. The molecule has 3 rings (SSSR count). The van der Waals surface area contributed by atoms with Crippen molar-refractivity contribution in [1.82, 2.24) is 0 Å². The molecule has 0 saturated heterocycles. The van der Waals surface area contributed by atoms with Gasteiger partial charge in [-0.15, -0.1) is 0 Å². The zero-order chi connectivity index (χ0) is 13.8. The molecule has 0 amide bonds. The highest BCUT2D eigenvalue weighted by atomic mass is 15.2. The van der Waals surface area contributed by atoms with Crippen molar-refractivity contribution in [2.75, 3.05) is 4.90 Å². The van der Waals surface area contributed by atoms with Gasteiger partial charge in [0.05, 0.1) is 0 Å². The molecule has 2 aliphatic carbocycles. The Bertz CT molecular complexity index is 553. The van der Waals surface area contributed by atoms with E-state index in [9.17, 15) is 0 Å². The van der Waals surface area contributed by atoms with Crippen molar-refractivity contribution in [2.24, 2.45) is 0 Å². The minimum absolute atomic E-state index is 1.12. The highest BCUT2D eigenvalue weighted by Crippen LogP contribution is 2.31. The monoisotopic (exact) mass is 263 g/mol. The second kappa shape index (κ2) is 5.96. The van der Waals surface area contributed by atoms with E-state index in [-0.39, 0.29) is 0 Å². The second-order valence-corrected chi connectivity index (χ2v) is 5.42. The largest absolute Gasteiger partial charge is 0.318 e. The normalized spacial score (nSPS) is 17.6. The van der Waals surface area contributed by atoms with Gasteiger partial charge in [-0.2, -0.15) is 0 Å². The quantitative estimate of drug-likeness (QED) is 0.718. The van der Waals surface area contributed by atoms with E-state index in [1.165, 1.54) is 22.6 Å². The SMILES string of the molecule is Cc1ccc(N(C2=CC=CCC2)C2=CC=CCC2)cc1. The first-order valence-corrected chi connectivity index (χ1v) is 7.43. The molecular weight excluding hydrogens is 242 g/mol. The number of nitrogens with zero attached hydrogens (tertiary/aromatic N) is 1. The van der Waals surface area contributed by atoms with Crippen LogP contribution in [0, 0.1) is 6.92 Å². The van der Waals surface area contributed by atoms with Gasteiger partial charge in [0.1, 0.15) is 0 Å². The Morgan fingerprint density at radius 3 is 1.80 bits per heavy atom. The Morgan fingerprint density at radius 2 is 1.35 bits per heavy atom. The summed E-state index contributed by atoms with van der Waals surface area (Å²) >= 11 is 0. The first-order chi connectivity index (χ1) is 9.84. The summed E-state index contributed by atoms with van der Waals surface area (Å²) in [7, 11) is 0. The maximum absolute atomic E-state index is 2.44. The van der Waals surface area contributed by atoms with E-state index in [0.717, 1.165) is 25.7 Å². The first-order valence-electron chi connectivity index (χ1n) is 7.43. The van der Waals surface area contributed by atoms with Crippen LogP contribution in [0.1, 0.15) is 31.2 Å². The van der Waals surface area contributed by atoms with Gasteiger partial charge in [0.15, 0.2) is 0 Å². The summed E-state index contributed by atoms with van der Waals surface area (Å²) < 4.78 is 0. The van der Waals surface area contributed by atoms with Gasteiger partial charge in [-0.25, -0.2) is 0 Å². The minimum atomic E-state index is 1.12. The maximum Gasteiger partial charge on any atom is 0.0455 e. The fraction of sp³-hybridized carbons (Fsp3) is 0.263. The molecule has 0 radical (unpaired) electrons. The highest BCUT2D eigenvalue weighted by Gasteiger charge is 2.17. The number of hydrogen-bond donors (Lipinski definition) is 0. The van der Waals surface area contributed by atoms with Gasteiger partial charge in [0, 0.05) is 17.1 Å². The van der Waals surface area contributed by atoms with Crippen LogP contribution >= 0.6 is 0 Å². The third kappa shape index (κ3) is 2.77. The van der Waals surface area contributed by atoms with E-state index in [1.807, 2.05) is 0 Å². The molecule has 0 aliphatic heterocycles. The van der Waals surface area contributed by atoms with E-state index in [0.29, 0.717) is 0 Å². The van der Waals surface area contributed by atoms with Crippen LogP contribution in [0.3, 0.4) is 0 Å². The summed E-state index contributed by atoms with van der Waals surface area (Å²) in [5.74, 6) is 0. The van der Waals surface area contributed by atoms with Crippen LogP contribution < -0.4 is 4.90 Å². The summed E-state index contributed by atoms with van der Waals surface area (Å²) in [5, 5.41) is 0. The van der Waals surface area contributed by atoms with Crippen molar-refractivity contribution in [2.45, 2.75) is 32.6 Å². The second-order valence-electron chi connectivity index (χ2n) is 5.42. The molecule has 20 heavy (non-hydrogen) atoms. The smallest absolute Gasteiger partial charge is 0.0455 e. The fourth-order valence-electron chi connectivity index (χ4n) is 2.76. The van der Waals surface area contributed by atoms with Crippen LogP contribution in [0.25, 0.3) is 0 Å². The van der Waals surface area contributed by atoms with Gasteiger partial charge < -0.3 is 4.90 Å². The number of anilines is 1. The zero-order valence-electron chi connectivity index (χ0n) is 12.0. The molecule has 0 unspecified atom stereocenters. The fourth-order valence-corrected chi connectivity index (χ4v) is 2.76. The van der Waals surface area contributed by atoms with Crippen LogP contribution in [-0.4, -0.2) is 0 Å². The molecule has 1 heteroatoms. The summed E-state index contributed by atoms with van der Waals surface area (Å²) in [6, 6.07) is 8.85. The van der Waals surface area contributed by atoms with Gasteiger partial charge in [0.25, 0.3) is 0 Å². The van der Waals surface area contributed by atoms with Gasteiger partial charge >= 0.3 is 0 Å². The van der Waals surface area contributed by atoms with Gasteiger partial charge in [-0.3, -0.25) is 0 Å². The van der Waals surface area contributed by atoms with Gasteiger partial charge in [0.2, 0.25) is 0 Å². The predicted molar refractivity (Wildman–Crippen MR) is 86.6 cm³/mol. The van der Waals surface area contributed by atoms with Crippen molar-refractivity contribution in [3.63, 3.8) is 0 Å². The Hall–Kier alpha value is -2.02. The lowest BCUT2D eigenvalue weighted by Crippen LogP contribution is -2.23. The maximum atomic E-state index is 2.44. The standard InChI is InChI=1S/C19H21N/c1-16-12-14-19(15-13-16)20(17-8-4-2-5-9-17)18-10-6-3-7-11-18/h2-4,6,8,10,12-15H,5,7,9,11H2,1H3. The summed E-state index contributed by atoms with van der Waals surface area (Å²) in [5.41, 5.74) is 5.39. The lowest BCUT2D eigenvalue weighted by atomic mass is 10.0. The molecule has 0 heterocycles. The lowest BCUT2D eigenvalue weighted by molar-refractivity contribution is 0.837. The molecule has 0 saturated carbocycles. The number of hydrogen-bond acceptors (Lipinski definition) is 1. The molecule has 0 bridgehead atoms. The summed E-state index contributed by atoms with van der Waals surface area (Å²) in [4.78, 5) is 2.44. The summed E-state index contributed by atoms with van der Waals surface area (Å²) in [6.45, 7) is 2.14. The first kappa shape index (κ1) is 13.0. The van der Waals surface area contributed by atoms with E-state index in [1.54, 1.807) is 0 Å². The Kier molecular flexibility index (Phi) is 3.87. The van der Waals surface area contributed by atoms with Gasteiger partial charge in [-0.1, -0.05) is 42.0 Å². The average molecular weight is 263 g/mol. The van der Waals surface area contributed by atoms with E-state index < -0.39 is 0 Å². The molecular formula is C19H21N. The molecule has 0 fully saturated rings. The molecule has 2 aliphatic rings. The number of rotatable bonds is 3. The zero-order valence-corrected chi connectivity index (χ0v) is 12.0. The van der Waals surface area contributed by atoms with Crippen LogP contribution in [0.5, 0.6) is 0 Å². The van der Waals surface area contributed by atoms with Crippen LogP contribution in [-0.2, 0) is 0 Å². The predicted octanol–water partition coefficient (Wildman–Crippen LogP) is 5.27. The molecule has 0 atom stereocenters. The van der Waals surface area contributed by atoms with E-state index in [4.69, 9.17) is 0 Å².